The van der Waals surface area contributed by atoms with E-state index in [4.69, 9.17) is 0 Å². The molecule has 98 valence electrons. The molecule has 1 saturated heterocycles. The fourth-order valence-corrected chi connectivity index (χ4v) is 3.17. The normalized spacial score (nSPS) is 32.4. The van der Waals surface area contributed by atoms with Crippen molar-refractivity contribution in [1.29, 1.82) is 0 Å². The molecule has 0 aromatic carbocycles. The minimum atomic E-state index is 0.240. The van der Waals surface area contributed by atoms with Crippen LogP contribution >= 0.6 is 0 Å². The number of rotatable bonds is 3. The van der Waals surface area contributed by atoms with Gasteiger partial charge in [0.1, 0.15) is 0 Å². The number of piperidine rings is 1. The van der Waals surface area contributed by atoms with Crippen LogP contribution in [0.5, 0.6) is 0 Å². The number of hydrogen-bond donors (Lipinski definition) is 2. The van der Waals surface area contributed by atoms with E-state index in [1.165, 1.54) is 25.7 Å². The number of carbonyl (C=O) groups is 1. The van der Waals surface area contributed by atoms with Gasteiger partial charge in [0.2, 0.25) is 5.91 Å². The van der Waals surface area contributed by atoms with Gasteiger partial charge < -0.3 is 10.6 Å². The molecular weight excluding hydrogens is 212 g/mol. The van der Waals surface area contributed by atoms with Crippen molar-refractivity contribution in [3.05, 3.63) is 0 Å². The summed E-state index contributed by atoms with van der Waals surface area (Å²) >= 11 is 0. The van der Waals surface area contributed by atoms with E-state index >= 15 is 0 Å². The average Bonchev–Trinajstić information content (AvgIpc) is 2.59. The average molecular weight is 238 g/mol. The molecule has 3 nitrogen and oxygen atoms in total. The molecule has 1 saturated carbocycles. The van der Waals surface area contributed by atoms with Gasteiger partial charge in [-0.15, -0.1) is 0 Å². The Kier molecular flexibility index (Phi) is 4.08. The van der Waals surface area contributed by atoms with Crippen molar-refractivity contribution in [3.8, 4) is 0 Å². The van der Waals surface area contributed by atoms with E-state index in [0.29, 0.717) is 18.5 Å². The molecule has 2 atom stereocenters. The Morgan fingerprint density at radius 1 is 1.29 bits per heavy atom. The highest BCUT2D eigenvalue weighted by Crippen LogP contribution is 2.37. The maximum Gasteiger partial charge on any atom is 0.221 e. The molecule has 0 aromatic rings. The van der Waals surface area contributed by atoms with Gasteiger partial charge in [-0.3, -0.25) is 4.79 Å². The summed E-state index contributed by atoms with van der Waals surface area (Å²) in [5, 5.41) is 6.67. The van der Waals surface area contributed by atoms with Crippen molar-refractivity contribution in [2.45, 2.75) is 70.9 Å². The largest absolute Gasteiger partial charge is 0.353 e. The predicted octanol–water partition coefficient (Wildman–Crippen LogP) is 2.21. The van der Waals surface area contributed by atoms with E-state index in [9.17, 15) is 4.79 Å². The first-order chi connectivity index (χ1) is 8.08. The van der Waals surface area contributed by atoms with E-state index in [0.717, 1.165) is 19.4 Å². The van der Waals surface area contributed by atoms with Gasteiger partial charge in [0.15, 0.2) is 0 Å². The molecule has 1 amide bonds. The Morgan fingerprint density at radius 3 is 2.71 bits per heavy atom. The molecule has 1 aliphatic carbocycles. The van der Waals surface area contributed by atoms with Crippen LogP contribution in [0.15, 0.2) is 0 Å². The quantitative estimate of drug-likeness (QED) is 0.791. The van der Waals surface area contributed by atoms with Crippen LogP contribution in [-0.4, -0.2) is 24.5 Å². The number of carbonyl (C=O) groups excluding carboxylic acids is 1. The lowest BCUT2D eigenvalue weighted by Crippen LogP contribution is -2.45. The van der Waals surface area contributed by atoms with Crippen LogP contribution in [-0.2, 0) is 4.79 Å². The zero-order valence-electron chi connectivity index (χ0n) is 11.2. The highest BCUT2D eigenvalue weighted by atomic mass is 16.1. The summed E-state index contributed by atoms with van der Waals surface area (Å²) in [4.78, 5) is 12.0. The van der Waals surface area contributed by atoms with Crippen molar-refractivity contribution in [2.75, 3.05) is 6.54 Å². The topological polar surface area (TPSA) is 41.1 Å². The molecule has 2 N–H and O–H groups in total. The van der Waals surface area contributed by atoms with Crippen LogP contribution in [0, 0.1) is 5.41 Å². The number of nitrogens with one attached hydrogen (secondary N) is 2. The summed E-state index contributed by atoms with van der Waals surface area (Å²) in [5.74, 6) is 0.240. The fourth-order valence-electron chi connectivity index (χ4n) is 3.17. The van der Waals surface area contributed by atoms with E-state index in [1.807, 2.05) is 0 Å². The van der Waals surface area contributed by atoms with Crippen molar-refractivity contribution >= 4 is 5.91 Å². The molecule has 0 bridgehead atoms. The monoisotopic (exact) mass is 238 g/mol. The summed E-state index contributed by atoms with van der Waals surface area (Å²) in [5.41, 5.74) is 0.287. The van der Waals surface area contributed by atoms with Gasteiger partial charge in [-0.05, 0) is 37.6 Å². The van der Waals surface area contributed by atoms with Crippen LogP contribution < -0.4 is 10.6 Å². The highest BCUT2D eigenvalue weighted by Gasteiger charge is 2.35. The Balaban J connectivity index is 1.76. The molecule has 1 aliphatic heterocycles. The first-order valence-corrected chi connectivity index (χ1v) is 7.11. The second kappa shape index (κ2) is 5.38. The summed E-state index contributed by atoms with van der Waals surface area (Å²) in [6.45, 7) is 5.61. The molecule has 2 unspecified atom stereocenters. The van der Waals surface area contributed by atoms with E-state index in [2.05, 4.69) is 24.5 Å². The summed E-state index contributed by atoms with van der Waals surface area (Å²) in [6.07, 6.45) is 7.97. The lowest BCUT2D eigenvalue weighted by Gasteiger charge is -2.29. The minimum Gasteiger partial charge on any atom is -0.353 e. The van der Waals surface area contributed by atoms with Crippen LogP contribution in [0.2, 0.25) is 0 Å². The van der Waals surface area contributed by atoms with Gasteiger partial charge in [0.25, 0.3) is 0 Å². The summed E-state index contributed by atoms with van der Waals surface area (Å²) < 4.78 is 0. The van der Waals surface area contributed by atoms with Gasteiger partial charge in [-0.25, -0.2) is 0 Å². The fraction of sp³-hybridized carbons (Fsp3) is 0.929. The van der Waals surface area contributed by atoms with Crippen molar-refractivity contribution in [1.82, 2.24) is 10.6 Å². The van der Waals surface area contributed by atoms with Crippen molar-refractivity contribution < 1.29 is 4.79 Å². The first-order valence-electron chi connectivity index (χ1n) is 7.11. The smallest absolute Gasteiger partial charge is 0.221 e. The molecule has 0 spiro atoms. The Morgan fingerprint density at radius 2 is 2.12 bits per heavy atom. The molecule has 2 fully saturated rings. The molecule has 2 aliphatic rings. The second-order valence-electron chi connectivity index (χ2n) is 6.35. The second-order valence-corrected chi connectivity index (χ2v) is 6.35. The molecule has 3 heteroatoms. The molecular formula is C14H26N2O. The lowest BCUT2D eigenvalue weighted by molar-refractivity contribution is -0.123. The third kappa shape index (κ3) is 3.44. The van der Waals surface area contributed by atoms with Gasteiger partial charge in [0, 0.05) is 18.5 Å². The highest BCUT2D eigenvalue weighted by molar-refractivity contribution is 5.77. The van der Waals surface area contributed by atoms with E-state index in [1.54, 1.807) is 0 Å². The van der Waals surface area contributed by atoms with Crippen LogP contribution in [0.1, 0.15) is 58.8 Å². The van der Waals surface area contributed by atoms with Crippen molar-refractivity contribution in [2.24, 2.45) is 5.41 Å². The van der Waals surface area contributed by atoms with Gasteiger partial charge in [-0.1, -0.05) is 26.7 Å². The Hall–Kier alpha value is -0.570. The molecule has 17 heavy (non-hydrogen) atoms. The third-order valence-electron chi connectivity index (χ3n) is 4.44. The Bertz CT molecular complexity index is 269. The number of hydrogen-bond acceptors (Lipinski definition) is 2. The predicted molar refractivity (Wildman–Crippen MR) is 69.8 cm³/mol. The standard InChI is InChI=1S/C14H26N2O/c1-14(2)8-5-7-12(14)16-13(17)10-11-6-3-4-9-15-11/h11-12,15H,3-10H2,1-2H3,(H,16,17). The van der Waals surface area contributed by atoms with Gasteiger partial charge >= 0.3 is 0 Å². The minimum absolute atomic E-state index is 0.240. The Labute approximate surface area is 105 Å². The van der Waals surface area contributed by atoms with E-state index in [-0.39, 0.29) is 11.3 Å². The van der Waals surface area contributed by atoms with E-state index < -0.39 is 0 Å². The summed E-state index contributed by atoms with van der Waals surface area (Å²) in [7, 11) is 0. The molecule has 2 rings (SSSR count). The summed E-state index contributed by atoms with van der Waals surface area (Å²) in [6, 6.07) is 0.798. The maximum atomic E-state index is 12.0. The lowest BCUT2D eigenvalue weighted by atomic mass is 9.87. The van der Waals surface area contributed by atoms with Crippen molar-refractivity contribution in [3.63, 3.8) is 0 Å². The van der Waals surface area contributed by atoms with Crippen LogP contribution in [0.3, 0.4) is 0 Å². The SMILES string of the molecule is CC1(C)CCCC1NC(=O)CC1CCCCN1. The van der Waals surface area contributed by atoms with Crippen LogP contribution in [0.25, 0.3) is 0 Å². The molecule has 0 aromatic heterocycles. The zero-order valence-corrected chi connectivity index (χ0v) is 11.2. The maximum absolute atomic E-state index is 12.0. The van der Waals surface area contributed by atoms with Gasteiger partial charge in [0.05, 0.1) is 0 Å². The zero-order chi connectivity index (χ0) is 12.3. The van der Waals surface area contributed by atoms with Gasteiger partial charge in [-0.2, -0.15) is 0 Å². The number of amides is 1. The first kappa shape index (κ1) is 12.9. The third-order valence-corrected chi connectivity index (χ3v) is 4.44. The molecule has 1 heterocycles. The molecule has 0 radical (unpaired) electrons. The van der Waals surface area contributed by atoms with Crippen LogP contribution in [0.4, 0.5) is 0 Å².